The number of nitrogens with one attached hydrogen (secondary N) is 2. The number of hydrogen-bond acceptors (Lipinski definition) is 2. The summed E-state index contributed by atoms with van der Waals surface area (Å²) < 4.78 is 0. The van der Waals surface area contributed by atoms with Gasteiger partial charge < -0.3 is 15.2 Å². The zero-order valence-corrected chi connectivity index (χ0v) is 13.3. The molecule has 3 rings (SSSR count). The fraction of sp³-hybridized carbons (Fsp3) is 0.556. The maximum Gasteiger partial charge on any atom is 0.0454 e. The van der Waals surface area contributed by atoms with Crippen molar-refractivity contribution < 1.29 is 0 Å². The lowest BCUT2D eigenvalue weighted by atomic mass is 9.80. The van der Waals surface area contributed by atoms with Crippen molar-refractivity contribution in [3.63, 3.8) is 0 Å². The Bertz CT molecular complexity index is 579. The Kier molecular flexibility index (Phi) is 4.32. The zero-order chi connectivity index (χ0) is 14.7. The molecule has 1 fully saturated rings. The minimum Gasteiger partial charge on any atom is -0.361 e. The molecule has 3 heteroatoms. The van der Waals surface area contributed by atoms with Crippen molar-refractivity contribution in [3.8, 4) is 0 Å². The lowest BCUT2D eigenvalue weighted by Gasteiger charge is -2.43. The van der Waals surface area contributed by atoms with Gasteiger partial charge in [0.1, 0.15) is 0 Å². The molecule has 0 spiro atoms. The molecular weight excluding hydrogens is 258 g/mol. The second-order valence-electron chi connectivity index (χ2n) is 6.68. The van der Waals surface area contributed by atoms with Crippen LogP contribution in [0.1, 0.15) is 37.7 Å². The van der Waals surface area contributed by atoms with Crippen molar-refractivity contribution in [1.29, 1.82) is 0 Å². The number of aromatic nitrogens is 1. The van der Waals surface area contributed by atoms with Crippen LogP contribution in [-0.4, -0.2) is 36.1 Å². The SMILES string of the molecule is CN(C)C1(CNCc2ccc3[nH]ccc3c2)CCCCC1. The minimum atomic E-state index is 0.358. The van der Waals surface area contributed by atoms with Gasteiger partial charge in [0.25, 0.3) is 0 Å². The van der Waals surface area contributed by atoms with Gasteiger partial charge in [0.15, 0.2) is 0 Å². The van der Waals surface area contributed by atoms with Crippen molar-refractivity contribution in [2.75, 3.05) is 20.6 Å². The van der Waals surface area contributed by atoms with Crippen molar-refractivity contribution in [2.24, 2.45) is 0 Å². The third-order valence-electron chi connectivity index (χ3n) is 5.13. The Labute approximate surface area is 127 Å². The smallest absolute Gasteiger partial charge is 0.0454 e. The highest BCUT2D eigenvalue weighted by atomic mass is 15.2. The highest BCUT2D eigenvalue weighted by Gasteiger charge is 2.33. The molecule has 1 heterocycles. The Morgan fingerprint density at radius 3 is 2.71 bits per heavy atom. The number of benzene rings is 1. The summed E-state index contributed by atoms with van der Waals surface area (Å²) in [6.45, 7) is 2.04. The molecule has 2 N–H and O–H groups in total. The van der Waals surface area contributed by atoms with E-state index in [2.05, 4.69) is 53.6 Å². The molecule has 0 aliphatic heterocycles. The van der Waals surface area contributed by atoms with Crippen LogP contribution in [0, 0.1) is 0 Å². The van der Waals surface area contributed by atoms with Crippen molar-refractivity contribution >= 4 is 10.9 Å². The van der Waals surface area contributed by atoms with E-state index in [4.69, 9.17) is 0 Å². The number of rotatable bonds is 5. The fourth-order valence-corrected chi connectivity index (χ4v) is 3.64. The normalized spacial score (nSPS) is 18.4. The molecule has 3 nitrogen and oxygen atoms in total. The van der Waals surface area contributed by atoms with Crippen LogP contribution < -0.4 is 5.32 Å². The van der Waals surface area contributed by atoms with Gasteiger partial charge in [-0.25, -0.2) is 0 Å². The number of H-pyrrole nitrogens is 1. The number of fused-ring (bicyclic) bond motifs is 1. The maximum absolute atomic E-state index is 3.70. The van der Waals surface area contributed by atoms with Crippen LogP contribution in [0.3, 0.4) is 0 Å². The first-order valence-corrected chi connectivity index (χ1v) is 8.14. The molecular formula is C18H27N3. The van der Waals surface area contributed by atoms with Gasteiger partial charge >= 0.3 is 0 Å². The third kappa shape index (κ3) is 3.14. The first-order valence-electron chi connectivity index (χ1n) is 8.14. The van der Waals surface area contributed by atoms with Crippen molar-refractivity contribution in [3.05, 3.63) is 36.0 Å². The molecule has 1 saturated carbocycles. The summed E-state index contributed by atoms with van der Waals surface area (Å²) in [6.07, 6.45) is 8.79. The number of nitrogens with zero attached hydrogens (tertiary/aromatic N) is 1. The molecule has 0 amide bonds. The van der Waals surface area contributed by atoms with Gasteiger partial charge in [-0.15, -0.1) is 0 Å². The average molecular weight is 285 g/mol. The predicted octanol–water partition coefficient (Wildman–Crippen LogP) is 3.52. The van der Waals surface area contributed by atoms with Crippen LogP contribution >= 0.6 is 0 Å². The van der Waals surface area contributed by atoms with Crippen LogP contribution in [0.2, 0.25) is 0 Å². The van der Waals surface area contributed by atoms with Crippen LogP contribution in [0.25, 0.3) is 10.9 Å². The summed E-state index contributed by atoms with van der Waals surface area (Å²) in [4.78, 5) is 5.69. The average Bonchev–Trinajstić information content (AvgIpc) is 2.95. The van der Waals surface area contributed by atoms with Gasteiger partial charge in [-0.1, -0.05) is 25.3 Å². The molecule has 1 aromatic heterocycles. The van der Waals surface area contributed by atoms with Crippen LogP contribution in [-0.2, 0) is 6.54 Å². The Balaban J connectivity index is 1.61. The molecule has 21 heavy (non-hydrogen) atoms. The van der Waals surface area contributed by atoms with Gasteiger partial charge in [-0.05, 0) is 56.1 Å². The Morgan fingerprint density at radius 2 is 1.95 bits per heavy atom. The largest absolute Gasteiger partial charge is 0.361 e. The maximum atomic E-state index is 3.70. The van der Waals surface area contributed by atoms with Gasteiger partial charge in [-0.3, -0.25) is 0 Å². The second kappa shape index (κ2) is 6.20. The number of hydrogen-bond donors (Lipinski definition) is 2. The highest BCUT2D eigenvalue weighted by Crippen LogP contribution is 2.31. The van der Waals surface area contributed by atoms with E-state index in [1.807, 2.05) is 6.20 Å². The lowest BCUT2D eigenvalue weighted by Crippen LogP contribution is -2.52. The zero-order valence-electron chi connectivity index (χ0n) is 13.3. The molecule has 1 aliphatic rings. The molecule has 0 unspecified atom stereocenters. The molecule has 0 atom stereocenters. The first kappa shape index (κ1) is 14.6. The monoisotopic (exact) mass is 285 g/mol. The molecule has 1 aromatic carbocycles. The molecule has 2 aromatic rings. The van der Waals surface area contributed by atoms with Crippen LogP contribution in [0.5, 0.6) is 0 Å². The van der Waals surface area contributed by atoms with E-state index in [1.54, 1.807) is 0 Å². The van der Waals surface area contributed by atoms with E-state index in [9.17, 15) is 0 Å². The van der Waals surface area contributed by atoms with Gasteiger partial charge in [0.05, 0.1) is 0 Å². The fourth-order valence-electron chi connectivity index (χ4n) is 3.64. The standard InChI is InChI=1S/C18H27N3/c1-21(2)18(9-4-3-5-10-18)14-19-13-15-6-7-17-16(12-15)8-11-20-17/h6-8,11-12,19-20H,3-5,9-10,13-14H2,1-2H3. The van der Waals surface area contributed by atoms with Gasteiger partial charge in [-0.2, -0.15) is 0 Å². The summed E-state index contributed by atoms with van der Waals surface area (Å²) in [7, 11) is 4.47. The minimum absolute atomic E-state index is 0.358. The van der Waals surface area contributed by atoms with E-state index in [0.717, 1.165) is 13.1 Å². The second-order valence-corrected chi connectivity index (χ2v) is 6.68. The first-order chi connectivity index (χ1) is 10.2. The molecule has 0 radical (unpaired) electrons. The summed E-state index contributed by atoms with van der Waals surface area (Å²) in [5, 5.41) is 5.00. The Hall–Kier alpha value is -1.32. The third-order valence-corrected chi connectivity index (χ3v) is 5.13. The van der Waals surface area contributed by atoms with Gasteiger partial charge in [0.2, 0.25) is 0 Å². The summed E-state index contributed by atoms with van der Waals surface area (Å²) >= 11 is 0. The van der Waals surface area contributed by atoms with Crippen LogP contribution in [0.4, 0.5) is 0 Å². The lowest BCUT2D eigenvalue weighted by molar-refractivity contribution is 0.0984. The van der Waals surface area contributed by atoms with Crippen LogP contribution in [0.15, 0.2) is 30.5 Å². The Morgan fingerprint density at radius 1 is 1.14 bits per heavy atom. The quantitative estimate of drug-likeness (QED) is 0.880. The van der Waals surface area contributed by atoms with E-state index in [-0.39, 0.29) is 0 Å². The summed E-state index contributed by atoms with van der Waals surface area (Å²) in [6, 6.07) is 8.81. The van der Waals surface area contributed by atoms with E-state index in [1.165, 1.54) is 48.6 Å². The van der Waals surface area contributed by atoms with Crippen molar-refractivity contribution in [1.82, 2.24) is 15.2 Å². The number of aromatic amines is 1. The predicted molar refractivity (Wildman–Crippen MR) is 89.5 cm³/mol. The number of likely N-dealkylation sites (N-methyl/N-ethyl adjacent to an activating group) is 1. The molecule has 0 saturated heterocycles. The summed E-state index contributed by atoms with van der Waals surface area (Å²) in [5.74, 6) is 0. The van der Waals surface area contributed by atoms with Gasteiger partial charge in [0, 0.05) is 30.3 Å². The molecule has 1 aliphatic carbocycles. The molecule has 114 valence electrons. The topological polar surface area (TPSA) is 31.1 Å². The highest BCUT2D eigenvalue weighted by molar-refractivity contribution is 5.79. The van der Waals surface area contributed by atoms with Crippen molar-refractivity contribution in [2.45, 2.75) is 44.2 Å². The van der Waals surface area contributed by atoms with E-state index in [0.29, 0.717) is 5.54 Å². The van der Waals surface area contributed by atoms with E-state index < -0.39 is 0 Å². The summed E-state index contributed by atoms with van der Waals surface area (Å²) in [5.41, 5.74) is 2.94. The molecule has 0 bridgehead atoms. The van der Waals surface area contributed by atoms with E-state index >= 15 is 0 Å².